The summed E-state index contributed by atoms with van der Waals surface area (Å²) in [4.78, 5) is 10.3. The second-order valence-electron chi connectivity index (χ2n) is 5.70. The van der Waals surface area contributed by atoms with Crippen LogP contribution in [0.25, 0.3) is 0 Å². The summed E-state index contributed by atoms with van der Waals surface area (Å²) in [6, 6.07) is 0. The number of aliphatic carboxylic acids is 1. The molecule has 0 aliphatic carbocycles. The average molecular weight is 306 g/mol. The van der Waals surface area contributed by atoms with Gasteiger partial charge in [-0.3, -0.25) is 4.79 Å². The third-order valence-electron chi connectivity index (χ3n) is 3.49. The van der Waals surface area contributed by atoms with Crippen molar-refractivity contribution in [2.24, 2.45) is 0 Å². The van der Waals surface area contributed by atoms with E-state index < -0.39 is 5.97 Å². The van der Waals surface area contributed by atoms with Gasteiger partial charge in [-0.25, -0.2) is 0 Å². The van der Waals surface area contributed by atoms with E-state index in [1.54, 1.807) is 0 Å². The predicted molar refractivity (Wildman–Crippen MR) is 96.1 cm³/mol. The summed E-state index contributed by atoms with van der Waals surface area (Å²) < 4.78 is 0. The Hall–Kier alpha value is -1.31. The van der Waals surface area contributed by atoms with E-state index in [4.69, 9.17) is 5.11 Å². The summed E-state index contributed by atoms with van der Waals surface area (Å²) in [5, 5.41) is 8.51. The highest BCUT2D eigenvalue weighted by atomic mass is 16.4. The number of hydrogen-bond acceptors (Lipinski definition) is 1. The van der Waals surface area contributed by atoms with Crippen LogP contribution in [0.2, 0.25) is 0 Å². The maximum Gasteiger partial charge on any atom is 0.303 e. The Balaban J connectivity index is 3.28. The van der Waals surface area contributed by atoms with Crippen molar-refractivity contribution in [3.05, 3.63) is 36.5 Å². The summed E-state index contributed by atoms with van der Waals surface area (Å²) >= 11 is 0. The van der Waals surface area contributed by atoms with Crippen LogP contribution in [0, 0.1) is 0 Å². The number of rotatable bonds is 15. The molecule has 2 nitrogen and oxygen atoms in total. The topological polar surface area (TPSA) is 37.3 Å². The first kappa shape index (κ1) is 20.7. The zero-order valence-electron chi connectivity index (χ0n) is 14.3. The third kappa shape index (κ3) is 18.7. The largest absolute Gasteiger partial charge is 0.481 e. The van der Waals surface area contributed by atoms with Gasteiger partial charge in [-0.2, -0.15) is 0 Å². The molecule has 0 bridgehead atoms. The lowest BCUT2D eigenvalue weighted by Gasteiger charge is -1.93. The summed E-state index contributed by atoms with van der Waals surface area (Å²) in [5.74, 6) is -0.690. The number of allylic oxidation sites excluding steroid dienone is 6. The number of carbonyl (C=O) groups is 1. The standard InChI is InChI=1S/C20H34O2/c1-2-3-4-5-6-7-8-9-10-11-12-13-14-15-16-17-18-19-20(21)22/h6-7,10-11,14-15H,2-5,8-9,12-13,16-19H2,1H3,(H,21,22). The van der Waals surface area contributed by atoms with Crippen LogP contribution in [0.5, 0.6) is 0 Å². The molecule has 0 aliphatic rings. The van der Waals surface area contributed by atoms with Crippen LogP contribution in [0.4, 0.5) is 0 Å². The smallest absolute Gasteiger partial charge is 0.303 e. The lowest BCUT2D eigenvalue weighted by atomic mass is 10.1. The molecule has 0 fully saturated rings. The Morgan fingerprint density at radius 1 is 0.682 bits per heavy atom. The first-order chi connectivity index (χ1) is 10.8. The lowest BCUT2D eigenvalue weighted by molar-refractivity contribution is -0.137. The molecular weight excluding hydrogens is 272 g/mol. The average Bonchev–Trinajstić information content (AvgIpc) is 2.50. The van der Waals surface area contributed by atoms with Crippen LogP contribution in [0.3, 0.4) is 0 Å². The zero-order valence-corrected chi connectivity index (χ0v) is 14.3. The molecule has 126 valence electrons. The van der Waals surface area contributed by atoms with Crippen LogP contribution in [0.1, 0.15) is 84.0 Å². The SMILES string of the molecule is CCCCCC=CCCC=CCCC=CCCCCC(=O)O. The molecular formula is C20H34O2. The highest BCUT2D eigenvalue weighted by Gasteiger charge is 1.93. The predicted octanol–water partition coefficient (Wildman–Crippen LogP) is 6.44. The highest BCUT2D eigenvalue weighted by Crippen LogP contribution is 2.04. The second-order valence-corrected chi connectivity index (χ2v) is 5.70. The first-order valence-corrected chi connectivity index (χ1v) is 8.94. The van der Waals surface area contributed by atoms with Gasteiger partial charge in [0.2, 0.25) is 0 Å². The van der Waals surface area contributed by atoms with Gasteiger partial charge in [0.05, 0.1) is 0 Å². The summed E-state index contributed by atoms with van der Waals surface area (Å²) in [5.41, 5.74) is 0. The molecule has 0 unspecified atom stereocenters. The molecule has 2 heteroatoms. The molecule has 0 saturated carbocycles. The summed E-state index contributed by atoms with van der Waals surface area (Å²) in [6.45, 7) is 2.24. The molecule has 0 saturated heterocycles. The van der Waals surface area contributed by atoms with Crippen LogP contribution in [0.15, 0.2) is 36.5 Å². The minimum atomic E-state index is -0.690. The minimum Gasteiger partial charge on any atom is -0.481 e. The van der Waals surface area contributed by atoms with Crippen molar-refractivity contribution in [2.45, 2.75) is 84.0 Å². The maximum atomic E-state index is 10.3. The molecule has 0 aromatic rings. The van der Waals surface area contributed by atoms with E-state index in [0.717, 1.165) is 44.9 Å². The number of carboxylic acids is 1. The molecule has 0 amide bonds. The molecule has 1 N–H and O–H groups in total. The van der Waals surface area contributed by atoms with E-state index in [1.165, 1.54) is 25.7 Å². The van der Waals surface area contributed by atoms with Gasteiger partial charge in [0.15, 0.2) is 0 Å². The van der Waals surface area contributed by atoms with Crippen molar-refractivity contribution in [2.75, 3.05) is 0 Å². The van der Waals surface area contributed by atoms with E-state index in [9.17, 15) is 4.79 Å². The highest BCUT2D eigenvalue weighted by molar-refractivity contribution is 5.66. The Labute approximate surface area is 137 Å². The number of hydrogen-bond donors (Lipinski definition) is 1. The molecule has 0 spiro atoms. The van der Waals surface area contributed by atoms with Crippen molar-refractivity contribution >= 4 is 5.97 Å². The molecule has 0 heterocycles. The summed E-state index contributed by atoms with van der Waals surface area (Å²) in [7, 11) is 0. The van der Waals surface area contributed by atoms with Crippen molar-refractivity contribution in [1.82, 2.24) is 0 Å². The lowest BCUT2D eigenvalue weighted by Crippen LogP contribution is -1.92. The first-order valence-electron chi connectivity index (χ1n) is 8.94. The van der Waals surface area contributed by atoms with Crippen LogP contribution < -0.4 is 0 Å². The maximum absolute atomic E-state index is 10.3. The molecule has 0 aliphatic heterocycles. The van der Waals surface area contributed by atoms with E-state index in [2.05, 4.69) is 43.4 Å². The van der Waals surface area contributed by atoms with Crippen LogP contribution in [-0.4, -0.2) is 11.1 Å². The van der Waals surface area contributed by atoms with Gasteiger partial charge >= 0.3 is 5.97 Å². The third-order valence-corrected chi connectivity index (χ3v) is 3.49. The molecule has 22 heavy (non-hydrogen) atoms. The van der Waals surface area contributed by atoms with Gasteiger partial charge < -0.3 is 5.11 Å². The Morgan fingerprint density at radius 2 is 1.09 bits per heavy atom. The second kappa shape index (κ2) is 17.7. The van der Waals surface area contributed by atoms with Gasteiger partial charge in [-0.05, 0) is 57.8 Å². The minimum absolute atomic E-state index is 0.295. The molecule has 0 atom stereocenters. The molecule has 0 aromatic heterocycles. The Bertz CT molecular complexity index is 327. The number of unbranched alkanes of at least 4 members (excludes halogenated alkanes) is 7. The molecule has 0 radical (unpaired) electrons. The fourth-order valence-electron chi connectivity index (χ4n) is 2.14. The fourth-order valence-corrected chi connectivity index (χ4v) is 2.14. The molecule has 0 aromatic carbocycles. The van der Waals surface area contributed by atoms with E-state index >= 15 is 0 Å². The summed E-state index contributed by atoms with van der Waals surface area (Å²) in [6.07, 6.45) is 26.3. The van der Waals surface area contributed by atoms with Crippen molar-refractivity contribution in [3.8, 4) is 0 Å². The quantitative estimate of drug-likeness (QED) is 0.279. The number of carboxylic acid groups (broad SMARTS) is 1. The fraction of sp³-hybridized carbons (Fsp3) is 0.650. The van der Waals surface area contributed by atoms with E-state index in [0.29, 0.717) is 6.42 Å². The van der Waals surface area contributed by atoms with Crippen LogP contribution >= 0.6 is 0 Å². The van der Waals surface area contributed by atoms with Crippen LogP contribution in [-0.2, 0) is 4.79 Å². The van der Waals surface area contributed by atoms with Crippen molar-refractivity contribution in [3.63, 3.8) is 0 Å². The van der Waals surface area contributed by atoms with Crippen molar-refractivity contribution < 1.29 is 9.90 Å². The van der Waals surface area contributed by atoms with Crippen molar-refractivity contribution in [1.29, 1.82) is 0 Å². The van der Waals surface area contributed by atoms with Gasteiger partial charge in [0.25, 0.3) is 0 Å². The van der Waals surface area contributed by atoms with Gasteiger partial charge in [-0.1, -0.05) is 56.2 Å². The van der Waals surface area contributed by atoms with Gasteiger partial charge in [0, 0.05) is 6.42 Å². The zero-order chi connectivity index (χ0) is 16.3. The monoisotopic (exact) mass is 306 g/mol. The molecule has 0 rings (SSSR count). The normalized spacial score (nSPS) is 12.0. The van der Waals surface area contributed by atoms with Gasteiger partial charge in [-0.15, -0.1) is 0 Å². The Morgan fingerprint density at radius 3 is 1.50 bits per heavy atom. The van der Waals surface area contributed by atoms with Gasteiger partial charge in [0.1, 0.15) is 0 Å². The van der Waals surface area contributed by atoms with E-state index in [-0.39, 0.29) is 0 Å². The van der Waals surface area contributed by atoms with E-state index in [1.807, 2.05) is 0 Å². The Kier molecular flexibility index (Phi) is 16.7.